The van der Waals surface area contributed by atoms with Gasteiger partial charge >= 0.3 is 49.8 Å². The summed E-state index contributed by atoms with van der Waals surface area (Å²) in [6.45, 7) is 11.2. The molecule has 2 fully saturated rings. The Morgan fingerprint density at radius 2 is 0.831 bits per heavy atom. The van der Waals surface area contributed by atoms with E-state index in [2.05, 4.69) is 31.1 Å². The van der Waals surface area contributed by atoms with E-state index < -0.39 is 46.9 Å². The summed E-state index contributed by atoms with van der Waals surface area (Å²) in [5, 5.41) is 33.2. The van der Waals surface area contributed by atoms with Gasteiger partial charge in [-0.1, -0.05) is 129 Å². The van der Waals surface area contributed by atoms with Crippen LogP contribution in [0.2, 0.25) is 0 Å². The van der Waals surface area contributed by atoms with Crippen LogP contribution in [0.5, 0.6) is 0 Å². The van der Waals surface area contributed by atoms with Gasteiger partial charge in [0.25, 0.3) is 11.8 Å². The molecule has 0 bridgehead atoms. The zero-order valence-corrected chi connectivity index (χ0v) is 47.2. The first-order chi connectivity index (χ1) is 36.1. The standard InChI is InChI=1S/2C29H36N4O5.Ca/c2*1-29(2,3)25(34)18-33-24-15-8-7-14-23(24)32(21-12-5-4-6-13-21)17-22(26(33)35)31-28(38)30-20-11-9-10-19(16-20)27(36)37;/h2*7-11,14-16,21-22H,4-6,12-13,17-18H2,1-3H3,(H,36,37)(H2,30,31,38);/q;;+2/p-2/t2*22-;/m11./s1. The number of nitrogens with zero attached hydrogens (tertiary/aromatic N) is 4. The summed E-state index contributed by atoms with van der Waals surface area (Å²) >= 11 is 0. The number of hydrogen-bond acceptors (Lipinski definition) is 12. The number of ketones is 2. The summed E-state index contributed by atoms with van der Waals surface area (Å²) in [6.07, 6.45) is 10.7. The van der Waals surface area contributed by atoms with Crippen LogP contribution in [-0.4, -0.2) is 135 Å². The molecular weight excluding hydrogens is 1010 g/mol. The molecule has 19 heteroatoms. The largest absolute Gasteiger partial charge is 2.00 e. The second kappa shape index (κ2) is 26.2. The number of hydrogen-bond donors (Lipinski definition) is 4. The van der Waals surface area contributed by atoms with Gasteiger partial charge < -0.3 is 60.7 Å². The Morgan fingerprint density at radius 3 is 1.16 bits per heavy atom. The van der Waals surface area contributed by atoms with Crippen LogP contribution < -0.4 is 51.1 Å². The van der Waals surface area contributed by atoms with Gasteiger partial charge in [-0.3, -0.25) is 19.2 Å². The minimum Gasteiger partial charge on any atom is -0.545 e. The number of rotatable bonds is 12. The number of carboxylic acids is 2. The molecule has 0 spiro atoms. The number of amides is 6. The van der Waals surface area contributed by atoms with Gasteiger partial charge in [-0.05, 0) is 85.3 Å². The molecule has 4 aromatic rings. The predicted octanol–water partition coefficient (Wildman–Crippen LogP) is 6.30. The Balaban J connectivity index is 0.000000246. The Bertz CT molecular complexity index is 2630. The fourth-order valence-electron chi connectivity index (χ4n) is 10.1. The van der Waals surface area contributed by atoms with E-state index in [4.69, 9.17) is 0 Å². The normalized spacial score (nSPS) is 18.2. The summed E-state index contributed by atoms with van der Waals surface area (Å²) in [5.74, 6) is -3.62. The molecule has 404 valence electrons. The van der Waals surface area contributed by atoms with Crippen molar-refractivity contribution in [1.82, 2.24) is 10.6 Å². The maximum atomic E-state index is 13.9. The number of carbonyl (C=O) groups is 8. The molecule has 2 heterocycles. The second-order valence-corrected chi connectivity index (χ2v) is 22.1. The van der Waals surface area contributed by atoms with Gasteiger partial charge in [0.2, 0.25) is 0 Å². The van der Waals surface area contributed by atoms with Crippen LogP contribution in [0, 0.1) is 10.8 Å². The Labute approximate surface area is 480 Å². The van der Waals surface area contributed by atoms with E-state index in [0.29, 0.717) is 11.4 Å². The molecule has 2 atom stereocenters. The van der Waals surface area contributed by atoms with Crippen LogP contribution in [0.25, 0.3) is 0 Å². The number of aromatic carboxylic acids is 2. The molecule has 0 aromatic heterocycles. The van der Waals surface area contributed by atoms with Gasteiger partial charge in [-0.25, -0.2) is 9.59 Å². The monoisotopic (exact) mass is 1080 g/mol. The molecule has 2 saturated carbocycles. The Kier molecular flexibility index (Phi) is 20.4. The van der Waals surface area contributed by atoms with Gasteiger partial charge in [0.1, 0.15) is 12.1 Å². The van der Waals surface area contributed by atoms with E-state index in [-0.39, 0.29) is 122 Å². The molecule has 2 aliphatic heterocycles. The van der Waals surface area contributed by atoms with Crippen molar-refractivity contribution in [2.75, 3.05) is 56.4 Å². The van der Waals surface area contributed by atoms with Crippen molar-refractivity contribution in [3.8, 4) is 0 Å². The molecule has 8 rings (SSSR count). The first-order valence-corrected chi connectivity index (χ1v) is 26.3. The van der Waals surface area contributed by atoms with E-state index in [1.165, 1.54) is 59.0 Å². The molecule has 0 radical (unpaired) electrons. The van der Waals surface area contributed by atoms with Crippen LogP contribution in [0.4, 0.5) is 43.7 Å². The quantitative estimate of drug-likeness (QED) is 0.114. The van der Waals surface area contributed by atoms with E-state index in [1.54, 1.807) is 12.1 Å². The topological polar surface area (TPSA) is 244 Å². The molecule has 4 aromatic carbocycles. The van der Waals surface area contributed by atoms with Crippen LogP contribution in [0.1, 0.15) is 126 Å². The number of nitrogens with one attached hydrogen (secondary N) is 4. The first kappa shape index (κ1) is 59.7. The van der Waals surface area contributed by atoms with Gasteiger partial charge in [-0.2, -0.15) is 0 Å². The molecular formula is C58H70CaN8O10. The Hall–Kier alpha value is -6.50. The van der Waals surface area contributed by atoms with E-state index in [9.17, 15) is 48.6 Å². The number of carboxylic acid groups (broad SMARTS) is 2. The van der Waals surface area contributed by atoms with Gasteiger partial charge in [-0.15, -0.1) is 0 Å². The van der Waals surface area contributed by atoms with Crippen molar-refractivity contribution in [3.05, 3.63) is 108 Å². The average molecular weight is 1080 g/mol. The Morgan fingerprint density at radius 1 is 0.494 bits per heavy atom. The smallest absolute Gasteiger partial charge is 0.545 e. The maximum Gasteiger partial charge on any atom is 2.00 e. The third-order valence-corrected chi connectivity index (χ3v) is 14.5. The number of fused-ring (bicyclic) bond motifs is 2. The van der Waals surface area contributed by atoms with Gasteiger partial charge in [0.05, 0.1) is 47.8 Å². The zero-order chi connectivity index (χ0) is 54.9. The number of carbonyl (C=O) groups excluding carboxylic acids is 8. The SMILES string of the molecule is CC(C)(C)C(=O)CN1C(=O)[C@H](NC(=O)Nc2cccc(C(=O)[O-])c2)CN(C2CCCCC2)c2ccccc21.CC(C)(C)C(=O)CN1C(=O)[C@H](NC(=O)Nc2cccc(C(=O)[O-])c2)CN(C2CCCCC2)c2ccccc21.[Ca+2]. The van der Waals surface area contributed by atoms with E-state index in [1.807, 2.05) is 90.1 Å². The van der Waals surface area contributed by atoms with Crippen molar-refractivity contribution in [1.29, 1.82) is 0 Å². The van der Waals surface area contributed by atoms with Crippen LogP contribution in [0.3, 0.4) is 0 Å². The molecule has 4 aliphatic rings. The van der Waals surface area contributed by atoms with E-state index in [0.717, 1.165) is 62.7 Å². The van der Waals surface area contributed by atoms with Crippen LogP contribution in [-0.2, 0) is 19.2 Å². The fraction of sp³-hybridized carbons (Fsp3) is 0.448. The minimum absolute atomic E-state index is 0. The number of Topliss-reactive ketones (excluding diaryl/α,β-unsaturated/α-hetero) is 2. The summed E-state index contributed by atoms with van der Waals surface area (Å²) in [6, 6.07) is 23.9. The van der Waals surface area contributed by atoms with Crippen LogP contribution >= 0.6 is 0 Å². The second-order valence-electron chi connectivity index (χ2n) is 22.1. The zero-order valence-electron chi connectivity index (χ0n) is 45.0. The average Bonchev–Trinajstić information content (AvgIpc) is 3.59. The van der Waals surface area contributed by atoms with Gasteiger partial charge in [0.15, 0.2) is 11.6 Å². The van der Waals surface area contributed by atoms with Crippen molar-refractivity contribution in [3.63, 3.8) is 0 Å². The molecule has 4 N–H and O–H groups in total. The van der Waals surface area contributed by atoms with Crippen LogP contribution in [0.15, 0.2) is 97.1 Å². The van der Waals surface area contributed by atoms with Crippen molar-refractivity contribution < 1.29 is 48.6 Å². The third-order valence-electron chi connectivity index (χ3n) is 14.5. The molecule has 0 saturated heterocycles. The first-order valence-electron chi connectivity index (χ1n) is 26.3. The maximum absolute atomic E-state index is 13.9. The van der Waals surface area contributed by atoms with E-state index >= 15 is 0 Å². The number of anilines is 6. The van der Waals surface area contributed by atoms with Crippen molar-refractivity contribution in [2.45, 2.75) is 130 Å². The number of para-hydroxylation sites is 4. The third kappa shape index (κ3) is 15.4. The summed E-state index contributed by atoms with van der Waals surface area (Å²) < 4.78 is 0. The summed E-state index contributed by atoms with van der Waals surface area (Å²) in [5.41, 5.74) is 2.16. The summed E-state index contributed by atoms with van der Waals surface area (Å²) in [7, 11) is 0. The number of urea groups is 2. The molecule has 2 aliphatic carbocycles. The minimum atomic E-state index is -1.35. The molecule has 6 amide bonds. The van der Waals surface area contributed by atoms with Crippen molar-refractivity contribution >= 4 is 119 Å². The molecule has 0 unspecified atom stereocenters. The molecule has 18 nitrogen and oxygen atoms in total. The summed E-state index contributed by atoms with van der Waals surface area (Å²) in [4.78, 5) is 110. The number of benzene rings is 4. The molecule has 77 heavy (non-hydrogen) atoms. The van der Waals surface area contributed by atoms with Gasteiger partial charge in [0, 0.05) is 47.4 Å². The predicted molar refractivity (Wildman–Crippen MR) is 294 cm³/mol. The fourth-order valence-corrected chi connectivity index (χ4v) is 10.1. The van der Waals surface area contributed by atoms with Crippen molar-refractivity contribution in [2.24, 2.45) is 10.8 Å².